The molecule has 2 unspecified atom stereocenters. The number of anilines is 2. The van der Waals surface area contributed by atoms with Gasteiger partial charge in [-0.2, -0.15) is 0 Å². The van der Waals surface area contributed by atoms with E-state index in [1.807, 2.05) is 0 Å². The molecule has 5 rings (SSSR count). The standard InChI is InChI=1S/C25H26N2O/c1-16-10-5-6-13-20(16)26-19(4)25-27(21-14-7-8-15-22(21)28-25)24(26)23-17(2)11-9-12-18(23)3/h5-15,19,24-25H,1-4H3/t19-,24?,25?/m0/s1. The Bertz CT molecular complexity index is 1020. The van der Waals surface area contributed by atoms with Crippen molar-refractivity contribution < 1.29 is 4.74 Å². The van der Waals surface area contributed by atoms with Gasteiger partial charge in [0.25, 0.3) is 0 Å². The van der Waals surface area contributed by atoms with E-state index in [-0.39, 0.29) is 18.4 Å². The lowest BCUT2D eigenvalue weighted by Gasteiger charge is -2.35. The van der Waals surface area contributed by atoms with Gasteiger partial charge in [-0.25, -0.2) is 0 Å². The number of hydrogen-bond donors (Lipinski definition) is 0. The van der Waals surface area contributed by atoms with E-state index < -0.39 is 0 Å². The second-order valence-corrected chi connectivity index (χ2v) is 8.00. The highest BCUT2D eigenvalue weighted by molar-refractivity contribution is 5.70. The average molecular weight is 370 g/mol. The number of rotatable bonds is 2. The molecule has 0 amide bonds. The summed E-state index contributed by atoms with van der Waals surface area (Å²) in [6, 6.07) is 23.9. The number of aryl methyl sites for hydroxylation is 3. The monoisotopic (exact) mass is 370 g/mol. The molecule has 3 heteroatoms. The molecule has 28 heavy (non-hydrogen) atoms. The van der Waals surface area contributed by atoms with Crippen LogP contribution in [0.3, 0.4) is 0 Å². The van der Waals surface area contributed by atoms with Crippen molar-refractivity contribution in [3.63, 3.8) is 0 Å². The first-order valence-electron chi connectivity index (χ1n) is 10.0. The molecule has 0 N–H and O–H groups in total. The van der Waals surface area contributed by atoms with Gasteiger partial charge in [0.15, 0.2) is 6.23 Å². The van der Waals surface area contributed by atoms with Gasteiger partial charge in [-0.3, -0.25) is 0 Å². The van der Waals surface area contributed by atoms with E-state index in [1.54, 1.807) is 0 Å². The van der Waals surface area contributed by atoms with Gasteiger partial charge < -0.3 is 14.5 Å². The summed E-state index contributed by atoms with van der Waals surface area (Å²) in [7, 11) is 0. The summed E-state index contributed by atoms with van der Waals surface area (Å²) in [5.74, 6) is 0.986. The number of ether oxygens (including phenoxy) is 1. The maximum Gasteiger partial charge on any atom is 0.194 e. The Balaban J connectivity index is 1.75. The SMILES string of the molecule is Cc1ccccc1N1C(c2c(C)cccc2C)N2c3ccccc3OC2[C@@H]1C. The average Bonchev–Trinajstić information content (AvgIpc) is 3.18. The fraction of sp³-hybridized carbons (Fsp3) is 0.280. The predicted molar refractivity (Wildman–Crippen MR) is 115 cm³/mol. The minimum absolute atomic E-state index is 0.000937. The second kappa shape index (κ2) is 6.30. The molecule has 2 heterocycles. The summed E-state index contributed by atoms with van der Waals surface area (Å²) < 4.78 is 6.45. The molecular weight excluding hydrogens is 344 g/mol. The van der Waals surface area contributed by atoms with Crippen LogP contribution in [0.5, 0.6) is 5.75 Å². The molecule has 2 aliphatic heterocycles. The van der Waals surface area contributed by atoms with Crippen LogP contribution in [0.15, 0.2) is 66.7 Å². The van der Waals surface area contributed by atoms with E-state index in [0.29, 0.717) is 0 Å². The minimum Gasteiger partial charge on any atom is -0.466 e. The fourth-order valence-electron chi connectivity index (χ4n) is 4.91. The van der Waals surface area contributed by atoms with Gasteiger partial charge in [-0.1, -0.05) is 48.5 Å². The summed E-state index contributed by atoms with van der Waals surface area (Å²) in [5, 5.41) is 0. The molecular formula is C25H26N2O. The summed E-state index contributed by atoms with van der Waals surface area (Å²) in [5.41, 5.74) is 7.77. The van der Waals surface area contributed by atoms with Gasteiger partial charge in [-0.05, 0) is 62.6 Å². The molecule has 142 valence electrons. The molecule has 1 fully saturated rings. The molecule has 0 radical (unpaired) electrons. The van der Waals surface area contributed by atoms with Crippen LogP contribution < -0.4 is 14.5 Å². The molecule has 2 aliphatic rings. The van der Waals surface area contributed by atoms with Crippen LogP contribution in [0.1, 0.15) is 35.3 Å². The van der Waals surface area contributed by atoms with Crippen molar-refractivity contribution in [3.05, 3.63) is 89.0 Å². The Kier molecular flexibility index (Phi) is 3.87. The van der Waals surface area contributed by atoms with Crippen LogP contribution in [0.25, 0.3) is 0 Å². The van der Waals surface area contributed by atoms with Crippen molar-refractivity contribution in [1.82, 2.24) is 0 Å². The first-order chi connectivity index (χ1) is 13.6. The third kappa shape index (κ3) is 2.35. The Labute approximate surface area is 167 Å². The maximum atomic E-state index is 6.45. The zero-order valence-corrected chi connectivity index (χ0v) is 16.9. The highest BCUT2D eigenvalue weighted by Crippen LogP contribution is 2.52. The van der Waals surface area contributed by atoms with Crippen LogP contribution in [-0.2, 0) is 0 Å². The van der Waals surface area contributed by atoms with Crippen LogP contribution in [-0.4, -0.2) is 12.3 Å². The Morgan fingerprint density at radius 3 is 2.00 bits per heavy atom. The van der Waals surface area contributed by atoms with Crippen LogP contribution in [0, 0.1) is 20.8 Å². The lowest BCUT2D eigenvalue weighted by molar-refractivity contribution is 0.222. The summed E-state index contributed by atoms with van der Waals surface area (Å²) in [4.78, 5) is 5.02. The maximum absolute atomic E-state index is 6.45. The largest absolute Gasteiger partial charge is 0.466 e. The Morgan fingerprint density at radius 1 is 0.679 bits per heavy atom. The van der Waals surface area contributed by atoms with Gasteiger partial charge in [-0.15, -0.1) is 0 Å². The van der Waals surface area contributed by atoms with Gasteiger partial charge >= 0.3 is 0 Å². The molecule has 3 nitrogen and oxygen atoms in total. The van der Waals surface area contributed by atoms with Crippen LogP contribution >= 0.6 is 0 Å². The van der Waals surface area contributed by atoms with Gasteiger partial charge in [0.1, 0.15) is 11.9 Å². The molecule has 0 spiro atoms. The van der Waals surface area contributed by atoms with Crippen molar-refractivity contribution >= 4 is 11.4 Å². The molecule has 3 aromatic carbocycles. The highest BCUT2D eigenvalue weighted by Gasteiger charge is 2.52. The number of benzene rings is 3. The summed E-state index contributed by atoms with van der Waals surface area (Å²) in [6.07, 6.45) is 0.104. The van der Waals surface area contributed by atoms with Gasteiger partial charge in [0.05, 0.1) is 11.7 Å². The van der Waals surface area contributed by atoms with Gasteiger partial charge in [0, 0.05) is 11.3 Å². The topological polar surface area (TPSA) is 15.7 Å². The smallest absolute Gasteiger partial charge is 0.194 e. The zero-order valence-electron chi connectivity index (χ0n) is 16.9. The van der Waals surface area contributed by atoms with Crippen molar-refractivity contribution in [1.29, 1.82) is 0 Å². The van der Waals surface area contributed by atoms with E-state index in [0.717, 1.165) is 5.75 Å². The zero-order chi connectivity index (χ0) is 19.4. The van der Waals surface area contributed by atoms with E-state index >= 15 is 0 Å². The quantitative estimate of drug-likeness (QED) is 0.572. The third-order valence-electron chi connectivity index (χ3n) is 6.24. The lowest BCUT2D eigenvalue weighted by Crippen LogP contribution is -2.36. The first kappa shape index (κ1) is 17.2. The molecule has 3 aromatic rings. The number of fused-ring (bicyclic) bond motifs is 3. The van der Waals surface area contributed by atoms with Crippen LogP contribution in [0.2, 0.25) is 0 Å². The normalized spacial score (nSPS) is 22.8. The van der Waals surface area contributed by atoms with E-state index in [4.69, 9.17) is 4.74 Å². The Morgan fingerprint density at radius 2 is 1.29 bits per heavy atom. The van der Waals surface area contributed by atoms with Crippen molar-refractivity contribution in [2.45, 2.75) is 46.1 Å². The molecule has 0 saturated carbocycles. The summed E-state index contributed by atoms with van der Waals surface area (Å²) in [6.45, 7) is 8.92. The number of para-hydroxylation sites is 3. The van der Waals surface area contributed by atoms with Crippen molar-refractivity contribution in [2.24, 2.45) is 0 Å². The molecule has 3 atom stereocenters. The first-order valence-corrected chi connectivity index (χ1v) is 10.0. The highest BCUT2D eigenvalue weighted by atomic mass is 16.5. The summed E-state index contributed by atoms with van der Waals surface area (Å²) >= 11 is 0. The third-order valence-corrected chi connectivity index (χ3v) is 6.24. The fourth-order valence-corrected chi connectivity index (χ4v) is 4.91. The van der Waals surface area contributed by atoms with Crippen molar-refractivity contribution in [3.8, 4) is 5.75 Å². The van der Waals surface area contributed by atoms with Crippen molar-refractivity contribution in [2.75, 3.05) is 9.80 Å². The molecule has 0 bridgehead atoms. The lowest BCUT2D eigenvalue weighted by atomic mass is 9.98. The molecule has 0 aromatic heterocycles. The predicted octanol–water partition coefficient (Wildman–Crippen LogP) is 5.74. The number of nitrogens with zero attached hydrogens (tertiary/aromatic N) is 2. The number of hydrogen-bond acceptors (Lipinski definition) is 3. The second-order valence-electron chi connectivity index (χ2n) is 8.00. The minimum atomic E-state index is 0.000937. The van der Waals surface area contributed by atoms with Crippen LogP contribution in [0.4, 0.5) is 11.4 Å². The Hall–Kier alpha value is -2.94. The van der Waals surface area contributed by atoms with Gasteiger partial charge in [0.2, 0.25) is 0 Å². The molecule has 1 saturated heterocycles. The molecule has 0 aliphatic carbocycles. The van der Waals surface area contributed by atoms with E-state index in [1.165, 1.54) is 33.6 Å². The van der Waals surface area contributed by atoms with E-state index in [2.05, 4.69) is 104 Å². The van der Waals surface area contributed by atoms with E-state index in [9.17, 15) is 0 Å².